The standard InChI is InChI=1S/C31H27N3O8S4/c35-23(36)11-6-14-32-20-9-4-5-10-21(20)44-22(32)15-19(13-12-18-7-2-1-3-8-18)26-28(41)33(16-24(37)38)30(45-26)27-29(42)34(17-25(39)40)31(43)46-27/h1-5,7-10,15H,6,11-14,16-17H2,(H,35,36)(H,37,38)(H,39,40). The predicted octanol–water partition coefficient (Wildman–Crippen LogP) is 3.15. The monoisotopic (exact) mass is 697 g/mol. The van der Waals surface area contributed by atoms with Gasteiger partial charge in [-0.05, 0) is 48.6 Å². The molecule has 1 aromatic heterocycles. The first kappa shape index (κ1) is 33.2. The summed E-state index contributed by atoms with van der Waals surface area (Å²) in [5.41, 5.74) is 1.96. The summed E-state index contributed by atoms with van der Waals surface area (Å²) in [5.74, 6) is -4.16. The Labute approximate surface area is 280 Å². The van der Waals surface area contributed by atoms with Gasteiger partial charge in [-0.15, -0.1) is 11.3 Å². The summed E-state index contributed by atoms with van der Waals surface area (Å²) in [6.07, 6.45) is 3.21. The number of nitrogens with zero attached hydrogens (tertiary/aromatic N) is 3. The average molecular weight is 698 g/mol. The fourth-order valence-electron chi connectivity index (χ4n) is 4.96. The van der Waals surface area contributed by atoms with Gasteiger partial charge in [-0.1, -0.05) is 78.2 Å². The van der Waals surface area contributed by atoms with E-state index >= 15 is 0 Å². The summed E-state index contributed by atoms with van der Waals surface area (Å²) in [7, 11) is 0. The molecule has 11 nitrogen and oxygen atoms in total. The molecule has 238 valence electrons. The molecule has 15 heteroatoms. The second-order valence-electron chi connectivity index (χ2n) is 10.2. The molecule has 3 aromatic rings. The van der Waals surface area contributed by atoms with Crippen LogP contribution < -0.4 is 19.7 Å². The number of aryl methyl sites for hydroxylation is 1. The lowest BCUT2D eigenvalue weighted by molar-refractivity contribution is -0.140. The van der Waals surface area contributed by atoms with E-state index in [9.17, 15) is 39.3 Å². The van der Waals surface area contributed by atoms with E-state index in [1.807, 2.05) is 65.6 Å². The molecule has 3 N–H and O–H groups in total. The van der Waals surface area contributed by atoms with Gasteiger partial charge in [0, 0.05) is 17.9 Å². The van der Waals surface area contributed by atoms with Gasteiger partial charge in [-0.25, -0.2) is 0 Å². The van der Waals surface area contributed by atoms with E-state index in [1.54, 1.807) is 0 Å². The quantitative estimate of drug-likeness (QED) is 0.238. The largest absolute Gasteiger partial charge is 0.481 e. The van der Waals surface area contributed by atoms with E-state index in [4.69, 9.17) is 12.2 Å². The Bertz CT molecular complexity index is 1950. The number of hydrogen-bond donors (Lipinski definition) is 3. The van der Waals surface area contributed by atoms with Gasteiger partial charge < -0.3 is 20.2 Å². The summed E-state index contributed by atoms with van der Waals surface area (Å²) in [6, 6.07) is 17.4. The predicted molar refractivity (Wildman–Crippen MR) is 181 cm³/mol. The Kier molecular flexibility index (Phi) is 10.5. The number of thioether (sulfide) groups is 2. The Balaban J connectivity index is 1.71. The lowest BCUT2D eigenvalue weighted by Crippen LogP contribution is -2.37. The highest BCUT2D eigenvalue weighted by Gasteiger charge is 2.35. The second-order valence-corrected chi connectivity index (χ2v) is 13.9. The van der Waals surface area contributed by atoms with E-state index in [0.29, 0.717) is 31.4 Å². The van der Waals surface area contributed by atoms with E-state index in [1.165, 1.54) is 11.8 Å². The van der Waals surface area contributed by atoms with Gasteiger partial charge in [0.25, 0.3) is 11.5 Å². The number of benzene rings is 2. The van der Waals surface area contributed by atoms with E-state index in [2.05, 4.69) is 0 Å². The summed E-state index contributed by atoms with van der Waals surface area (Å²) in [5, 5.41) is 29.0. The first-order valence-electron chi connectivity index (χ1n) is 14.0. The molecule has 1 fully saturated rings. The van der Waals surface area contributed by atoms with Gasteiger partial charge in [0.05, 0.1) is 15.2 Å². The zero-order chi connectivity index (χ0) is 33.0. The van der Waals surface area contributed by atoms with Crippen molar-refractivity contribution in [1.29, 1.82) is 0 Å². The van der Waals surface area contributed by atoms with Gasteiger partial charge in [-0.3, -0.25) is 33.4 Å². The second kappa shape index (κ2) is 14.5. The molecular formula is C31H27N3O8S4. The van der Waals surface area contributed by atoms with Crippen molar-refractivity contribution in [3.05, 3.63) is 90.8 Å². The molecule has 0 bridgehead atoms. The summed E-state index contributed by atoms with van der Waals surface area (Å²) < 4.78 is 1.35. The molecule has 0 spiro atoms. The SMILES string of the molecule is O=C(O)CCCN1C(=CC(CCc2ccccc2)=c2sc(=C3SC(=S)N(CC(=O)O)C3=O)n(CC(=O)O)c2=O)Sc2ccccc21. The number of amides is 1. The van der Waals surface area contributed by atoms with Gasteiger partial charge >= 0.3 is 17.9 Å². The number of anilines is 1. The molecule has 1 amide bonds. The van der Waals surface area contributed by atoms with Crippen LogP contribution in [0.15, 0.2) is 75.4 Å². The van der Waals surface area contributed by atoms with Crippen molar-refractivity contribution in [3.8, 4) is 0 Å². The van der Waals surface area contributed by atoms with Crippen LogP contribution in [-0.4, -0.2) is 66.0 Å². The number of aromatic nitrogens is 1. The minimum atomic E-state index is -1.29. The molecule has 2 aliphatic rings. The fourth-order valence-corrected chi connectivity index (χ4v) is 8.71. The highest BCUT2D eigenvalue weighted by molar-refractivity contribution is 8.30. The number of carboxylic acids is 3. The first-order chi connectivity index (χ1) is 22.0. The Morgan fingerprint density at radius 3 is 2.22 bits per heavy atom. The van der Waals surface area contributed by atoms with Crippen LogP contribution in [0, 0.1) is 0 Å². The van der Waals surface area contributed by atoms with Crippen molar-refractivity contribution in [2.45, 2.75) is 37.1 Å². The van der Waals surface area contributed by atoms with Crippen LogP contribution in [0.1, 0.15) is 24.8 Å². The number of para-hydroxylation sites is 1. The number of thiazole rings is 1. The number of fused-ring (bicyclic) bond motifs is 1. The van der Waals surface area contributed by atoms with Gasteiger partial charge in [-0.2, -0.15) is 0 Å². The van der Waals surface area contributed by atoms with E-state index in [0.717, 1.165) is 53.7 Å². The molecule has 0 atom stereocenters. The maximum Gasteiger partial charge on any atom is 0.323 e. The molecule has 3 heterocycles. The van der Waals surface area contributed by atoms with Crippen molar-refractivity contribution >= 4 is 91.4 Å². The van der Waals surface area contributed by atoms with Crippen molar-refractivity contribution < 1.29 is 34.5 Å². The lowest BCUT2D eigenvalue weighted by atomic mass is 10.0. The summed E-state index contributed by atoms with van der Waals surface area (Å²) in [4.78, 5) is 65.7. The van der Waals surface area contributed by atoms with Crippen molar-refractivity contribution in [3.63, 3.8) is 0 Å². The number of rotatable bonds is 12. The summed E-state index contributed by atoms with van der Waals surface area (Å²) in [6.45, 7) is -0.948. The third kappa shape index (κ3) is 7.44. The van der Waals surface area contributed by atoms with E-state index < -0.39 is 42.5 Å². The van der Waals surface area contributed by atoms with Gasteiger partial charge in [0.2, 0.25) is 0 Å². The highest BCUT2D eigenvalue weighted by Crippen LogP contribution is 2.46. The maximum absolute atomic E-state index is 14.0. The maximum atomic E-state index is 14.0. The fraction of sp³-hybridized carbons (Fsp3) is 0.226. The van der Waals surface area contributed by atoms with Gasteiger partial charge in [0.15, 0.2) is 0 Å². The Hall–Kier alpha value is -4.18. The molecule has 0 radical (unpaired) electrons. The normalized spacial score (nSPS) is 17.1. The highest BCUT2D eigenvalue weighted by atomic mass is 32.2. The van der Waals surface area contributed by atoms with Crippen LogP contribution in [0.25, 0.3) is 10.5 Å². The van der Waals surface area contributed by atoms with E-state index in [-0.39, 0.29) is 24.8 Å². The van der Waals surface area contributed by atoms with Gasteiger partial charge in [0.1, 0.15) is 27.0 Å². The molecule has 1 saturated heterocycles. The number of carboxylic acid groups (broad SMARTS) is 3. The minimum absolute atomic E-state index is 0.000745. The van der Waals surface area contributed by atoms with Crippen molar-refractivity contribution in [2.24, 2.45) is 0 Å². The molecule has 5 rings (SSSR count). The van der Waals surface area contributed by atoms with Crippen LogP contribution in [0.3, 0.4) is 0 Å². The molecule has 0 saturated carbocycles. The molecule has 2 aromatic carbocycles. The lowest BCUT2D eigenvalue weighted by Gasteiger charge is -2.20. The third-order valence-electron chi connectivity index (χ3n) is 7.04. The molecule has 46 heavy (non-hydrogen) atoms. The zero-order valence-corrected chi connectivity index (χ0v) is 27.3. The van der Waals surface area contributed by atoms with Crippen LogP contribution in [0.2, 0.25) is 0 Å². The third-order valence-corrected chi connectivity index (χ3v) is 11.0. The number of carbonyl (C=O) groups excluding carboxylic acids is 1. The zero-order valence-electron chi connectivity index (χ0n) is 24.1. The molecule has 2 aliphatic heterocycles. The van der Waals surface area contributed by atoms with Crippen LogP contribution >= 0.6 is 47.1 Å². The molecule has 0 aliphatic carbocycles. The van der Waals surface area contributed by atoms with Crippen molar-refractivity contribution in [2.75, 3.05) is 18.0 Å². The molecule has 0 unspecified atom stereocenters. The number of hydrogen-bond acceptors (Lipinski definition) is 10. The topological polar surface area (TPSA) is 157 Å². The Morgan fingerprint density at radius 1 is 0.826 bits per heavy atom. The average Bonchev–Trinajstić information content (AvgIpc) is 3.62. The number of thiocarbonyl (C=S) groups is 1. The smallest absolute Gasteiger partial charge is 0.323 e. The minimum Gasteiger partial charge on any atom is -0.481 e. The van der Waals surface area contributed by atoms with Crippen molar-refractivity contribution in [1.82, 2.24) is 9.47 Å². The van der Waals surface area contributed by atoms with Crippen LogP contribution in [0.4, 0.5) is 5.69 Å². The number of carbonyl (C=O) groups is 4. The number of allylic oxidation sites excluding steroid dienone is 1. The summed E-state index contributed by atoms with van der Waals surface area (Å²) >= 11 is 8.54. The van der Waals surface area contributed by atoms with Crippen LogP contribution in [-0.2, 0) is 32.1 Å². The first-order valence-corrected chi connectivity index (χ1v) is 16.9. The molecular weight excluding hydrogens is 671 g/mol. The Morgan fingerprint density at radius 2 is 1.52 bits per heavy atom. The van der Waals surface area contributed by atoms with Crippen LogP contribution in [0.5, 0.6) is 0 Å². The number of aliphatic carboxylic acids is 3.